The predicted molar refractivity (Wildman–Crippen MR) is 56.2 cm³/mol. The molecule has 0 aliphatic rings. The molecule has 0 radical (unpaired) electrons. The maximum atomic E-state index is 11.3. The lowest BCUT2D eigenvalue weighted by molar-refractivity contribution is 0.101. The van der Waals surface area contributed by atoms with Gasteiger partial charge in [-0.1, -0.05) is 12.1 Å². The summed E-state index contributed by atoms with van der Waals surface area (Å²) < 4.78 is 0. The highest BCUT2D eigenvalue weighted by atomic mass is 16.1. The summed E-state index contributed by atoms with van der Waals surface area (Å²) in [6, 6.07) is 7.24. The number of fused-ring (bicyclic) bond motifs is 1. The van der Waals surface area contributed by atoms with E-state index < -0.39 is 0 Å². The van der Waals surface area contributed by atoms with Gasteiger partial charge in [-0.15, -0.1) is 0 Å². The Morgan fingerprint density at radius 1 is 1.43 bits per heavy atom. The summed E-state index contributed by atoms with van der Waals surface area (Å²) in [6.07, 6.45) is 1.59. The van der Waals surface area contributed by atoms with Gasteiger partial charge in [0.15, 0.2) is 5.78 Å². The smallest absolute Gasteiger partial charge is 0.160 e. The van der Waals surface area contributed by atoms with Gasteiger partial charge in [-0.3, -0.25) is 9.78 Å². The summed E-state index contributed by atoms with van der Waals surface area (Å²) >= 11 is 0. The number of hydrogen-bond donors (Lipinski definition) is 1. The molecule has 0 saturated heterocycles. The monoisotopic (exact) mass is 186 g/mol. The van der Waals surface area contributed by atoms with Crippen LogP contribution in [0.3, 0.4) is 0 Å². The SMILES string of the molecule is CC(=O)c1cccc2ncc(N)cc12. The van der Waals surface area contributed by atoms with Crippen molar-refractivity contribution < 1.29 is 4.79 Å². The van der Waals surface area contributed by atoms with Crippen LogP contribution in [0.25, 0.3) is 10.9 Å². The van der Waals surface area contributed by atoms with E-state index in [9.17, 15) is 4.79 Å². The molecule has 0 spiro atoms. The largest absolute Gasteiger partial charge is 0.397 e. The second kappa shape index (κ2) is 3.10. The number of carbonyl (C=O) groups excluding carboxylic acids is 1. The van der Waals surface area contributed by atoms with Gasteiger partial charge in [0.05, 0.1) is 17.4 Å². The molecule has 0 fully saturated rings. The molecule has 0 atom stereocenters. The van der Waals surface area contributed by atoms with Crippen LogP contribution in [0.2, 0.25) is 0 Å². The van der Waals surface area contributed by atoms with E-state index in [0.717, 1.165) is 10.9 Å². The molecule has 2 rings (SSSR count). The topological polar surface area (TPSA) is 56.0 Å². The van der Waals surface area contributed by atoms with Crippen molar-refractivity contribution in [2.75, 3.05) is 5.73 Å². The summed E-state index contributed by atoms with van der Waals surface area (Å²) in [5.74, 6) is 0.0306. The maximum Gasteiger partial charge on any atom is 0.160 e. The van der Waals surface area contributed by atoms with Gasteiger partial charge in [-0.25, -0.2) is 0 Å². The molecule has 1 heterocycles. The van der Waals surface area contributed by atoms with Gasteiger partial charge in [0, 0.05) is 10.9 Å². The average molecular weight is 186 g/mol. The number of nitrogen functional groups attached to an aromatic ring is 1. The fourth-order valence-corrected chi connectivity index (χ4v) is 1.47. The lowest BCUT2D eigenvalue weighted by Crippen LogP contribution is -1.95. The number of nitrogens with two attached hydrogens (primary N) is 1. The number of anilines is 1. The Morgan fingerprint density at radius 3 is 2.93 bits per heavy atom. The van der Waals surface area contributed by atoms with Gasteiger partial charge in [0.1, 0.15) is 0 Å². The first-order valence-corrected chi connectivity index (χ1v) is 4.33. The Kier molecular flexibility index (Phi) is 1.93. The van der Waals surface area contributed by atoms with Crippen molar-refractivity contribution >= 4 is 22.4 Å². The summed E-state index contributed by atoms with van der Waals surface area (Å²) in [6.45, 7) is 1.54. The molecule has 0 unspecified atom stereocenters. The van der Waals surface area contributed by atoms with Crippen LogP contribution in [0, 0.1) is 0 Å². The highest BCUT2D eigenvalue weighted by Crippen LogP contribution is 2.19. The fourth-order valence-electron chi connectivity index (χ4n) is 1.47. The van der Waals surface area contributed by atoms with Crippen molar-refractivity contribution in [3.8, 4) is 0 Å². The highest BCUT2D eigenvalue weighted by molar-refractivity contribution is 6.06. The molecular formula is C11H10N2O. The zero-order valence-electron chi connectivity index (χ0n) is 7.82. The molecule has 0 saturated carbocycles. The first-order valence-electron chi connectivity index (χ1n) is 4.33. The third-order valence-electron chi connectivity index (χ3n) is 2.13. The van der Waals surface area contributed by atoms with Crippen molar-refractivity contribution in [2.45, 2.75) is 6.92 Å². The molecular weight excluding hydrogens is 176 g/mol. The Morgan fingerprint density at radius 2 is 2.21 bits per heavy atom. The van der Waals surface area contributed by atoms with E-state index in [0.29, 0.717) is 11.3 Å². The zero-order chi connectivity index (χ0) is 10.1. The van der Waals surface area contributed by atoms with E-state index in [1.165, 1.54) is 6.92 Å². The van der Waals surface area contributed by atoms with E-state index in [4.69, 9.17) is 5.73 Å². The van der Waals surface area contributed by atoms with E-state index in [1.54, 1.807) is 18.3 Å². The van der Waals surface area contributed by atoms with Gasteiger partial charge in [0.25, 0.3) is 0 Å². The normalized spacial score (nSPS) is 10.4. The first-order chi connectivity index (χ1) is 6.68. The molecule has 1 aromatic heterocycles. The van der Waals surface area contributed by atoms with E-state index >= 15 is 0 Å². The van der Waals surface area contributed by atoms with Gasteiger partial charge in [0.2, 0.25) is 0 Å². The number of benzene rings is 1. The number of nitrogens with zero attached hydrogens (tertiary/aromatic N) is 1. The number of aromatic nitrogens is 1. The van der Waals surface area contributed by atoms with Gasteiger partial charge < -0.3 is 5.73 Å². The Hall–Kier alpha value is -1.90. The minimum Gasteiger partial charge on any atom is -0.397 e. The second-order valence-electron chi connectivity index (χ2n) is 3.20. The van der Waals surface area contributed by atoms with Crippen LogP contribution >= 0.6 is 0 Å². The number of rotatable bonds is 1. The Labute approximate surface area is 81.6 Å². The maximum absolute atomic E-state index is 11.3. The number of hydrogen-bond acceptors (Lipinski definition) is 3. The minimum atomic E-state index is 0.0306. The van der Waals surface area contributed by atoms with Crippen molar-refractivity contribution in [3.05, 3.63) is 36.0 Å². The van der Waals surface area contributed by atoms with Crippen molar-refractivity contribution in [1.29, 1.82) is 0 Å². The first kappa shape index (κ1) is 8.69. The third-order valence-corrected chi connectivity index (χ3v) is 2.13. The highest BCUT2D eigenvalue weighted by Gasteiger charge is 2.05. The number of Topliss-reactive ketones (excluding diaryl/α,β-unsaturated/α-hetero) is 1. The van der Waals surface area contributed by atoms with Crippen molar-refractivity contribution in [2.24, 2.45) is 0 Å². The summed E-state index contributed by atoms with van der Waals surface area (Å²) in [7, 11) is 0. The quantitative estimate of drug-likeness (QED) is 0.693. The molecule has 0 aliphatic heterocycles. The van der Waals surface area contributed by atoms with Crippen LogP contribution < -0.4 is 5.73 Å². The number of ketones is 1. The minimum absolute atomic E-state index is 0.0306. The van der Waals surface area contributed by atoms with Gasteiger partial charge >= 0.3 is 0 Å². The molecule has 2 N–H and O–H groups in total. The average Bonchev–Trinajstić information content (AvgIpc) is 2.16. The van der Waals surface area contributed by atoms with Crippen LogP contribution in [0.4, 0.5) is 5.69 Å². The van der Waals surface area contributed by atoms with Crippen LogP contribution in [0.1, 0.15) is 17.3 Å². The molecule has 0 amide bonds. The summed E-state index contributed by atoms with van der Waals surface area (Å²) in [4.78, 5) is 15.4. The third kappa shape index (κ3) is 1.33. The van der Waals surface area contributed by atoms with Gasteiger partial charge in [-0.2, -0.15) is 0 Å². The fraction of sp³-hybridized carbons (Fsp3) is 0.0909. The molecule has 1 aromatic carbocycles. The van der Waals surface area contributed by atoms with Crippen LogP contribution in [-0.2, 0) is 0 Å². The Bertz CT molecular complexity index is 506. The molecule has 70 valence electrons. The molecule has 3 heteroatoms. The Balaban J connectivity index is 2.84. The van der Waals surface area contributed by atoms with Crippen molar-refractivity contribution in [3.63, 3.8) is 0 Å². The van der Waals surface area contributed by atoms with E-state index in [-0.39, 0.29) is 5.78 Å². The lowest BCUT2D eigenvalue weighted by Gasteiger charge is -2.02. The lowest BCUT2D eigenvalue weighted by atomic mass is 10.1. The molecule has 14 heavy (non-hydrogen) atoms. The number of pyridine rings is 1. The van der Waals surface area contributed by atoms with Gasteiger partial charge in [-0.05, 0) is 19.1 Å². The zero-order valence-corrected chi connectivity index (χ0v) is 7.82. The standard InChI is InChI=1S/C11H10N2O/c1-7(14)9-3-2-4-11-10(9)5-8(12)6-13-11/h2-6H,12H2,1H3. The molecule has 0 bridgehead atoms. The summed E-state index contributed by atoms with van der Waals surface area (Å²) in [5.41, 5.74) is 7.66. The van der Waals surface area contributed by atoms with E-state index in [2.05, 4.69) is 4.98 Å². The molecule has 3 nitrogen and oxygen atoms in total. The van der Waals surface area contributed by atoms with Crippen LogP contribution in [0.5, 0.6) is 0 Å². The van der Waals surface area contributed by atoms with Crippen molar-refractivity contribution in [1.82, 2.24) is 4.98 Å². The van der Waals surface area contributed by atoms with Crippen LogP contribution in [0.15, 0.2) is 30.5 Å². The predicted octanol–water partition coefficient (Wildman–Crippen LogP) is 2.02. The van der Waals surface area contributed by atoms with E-state index in [1.807, 2.05) is 12.1 Å². The second-order valence-corrected chi connectivity index (χ2v) is 3.20. The molecule has 2 aromatic rings. The number of carbonyl (C=O) groups is 1. The molecule has 0 aliphatic carbocycles. The van der Waals surface area contributed by atoms with Crippen LogP contribution in [-0.4, -0.2) is 10.8 Å². The summed E-state index contributed by atoms with van der Waals surface area (Å²) in [5, 5.41) is 0.819.